The number of esters is 2. The van der Waals surface area contributed by atoms with E-state index in [-0.39, 0.29) is 12.6 Å². The predicted octanol–water partition coefficient (Wildman–Crippen LogP) is 3.17. The van der Waals surface area contributed by atoms with Crippen molar-refractivity contribution >= 4 is 23.5 Å². The van der Waals surface area contributed by atoms with Crippen molar-refractivity contribution in [3.05, 3.63) is 29.8 Å². The van der Waals surface area contributed by atoms with Crippen LogP contribution in [-0.4, -0.2) is 31.1 Å². The van der Waals surface area contributed by atoms with Crippen molar-refractivity contribution in [2.24, 2.45) is 17.8 Å². The standard InChI is InChI=1S/C20H25NO5/c1-2-25-20(24)14-5-7-17(8-6-14)21-18(22)12-26-19(23)11-16-10-13-3-4-15(16)9-13/h5-8,13,15-16H,2-4,9-12H2,1H3,(H,21,22)/t13-,15-,16-/m0/s1. The van der Waals surface area contributed by atoms with Crippen molar-refractivity contribution in [1.29, 1.82) is 0 Å². The van der Waals surface area contributed by atoms with Crippen LogP contribution in [0.4, 0.5) is 5.69 Å². The molecule has 1 aromatic carbocycles. The van der Waals surface area contributed by atoms with Gasteiger partial charge < -0.3 is 14.8 Å². The summed E-state index contributed by atoms with van der Waals surface area (Å²) >= 11 is 0. The van der Waals surface area contributed by atoms with Crippen LogP contribution in [0.1, 0.15) is 49.4 Å². The monoisotopic (exact) mass is 359 g/mol. The minimum atomic E-state index is -0.403. The summed E-state index contributed by atoms with van der Waals surface area (Å²) in [6.07, 6.45) is 5.32. The summed E-state index contributed by atoms with van der Waals surface area (Å²) in [4.78, 5) is 35.5. The second-order valence-corrected chi connectivity index (χ2v) is 7.15. The van der Waals surface area contributed by atoms with Crippen molar-refractivity contribution in [2.45, 2.75) is 39.0 Å². The molecule has 1 amide bonds. The van der Waals surface area contributed by atoms with Crippen LogP contribution >= 0.6 is 0 Å². The number of benzene rings is 1. The first-order chi connectivity index (χ1) is 12.5. The SMILES string of the molecule is CCOC(=O)c1ccc(NC(=O)COC(=O)C[C@@H]2C[C@H]3CC[C@H]2C3)cc1. The number of fused-ring (bicyclic) bond motifs is 2. The van der Waals surface area contributed by atoms with Gasteiger partial charge in [0.05, 0.1) is 12.2 Å². The molecule has 140 valence electrons. The molecule has 0 aromatic heterocycles. The molecule has 2 bridgehead atoms. The summed E-state index contributed by atoms with van der Waals surface area (Å²) < 4.78 is 10.0. The molecule has 2 aliphatic carbocycles. The van der Waals surface area contributed by atoms with Gasteiger partial charge in [0.15, 0.2) is 6.61 Å². The van der Waals surface area contributed by atoms with E-state index in [0.29, 0.717) is 36.1 Å². The molecule has 0 radical (unpaired) electrons. The van der Waals surface area contributed by atoms with Crippen molar-refractivity contribution in [2.75, 3.05) is 18.5 Å². The molecule has 3 rings (SSSR count). The number of carbonyl (C=O) groups excluding carboxylic acids is 3. The zero-order valence-corrected chi connectivity index (χ0v) is 15.0. The van der Waals surface area contributed by atoms with Crippen LogP contribution in [0.15, 0.2) is 24.3 Å². The van der Waals surface area contributed by atoms with E-state index in [9.17, 15) is 14.4 Å². The molecule has 2 saturated carbocycles. The van der Waals surface area contributed by atoms with Crippen molar-refractivity contribution in [3.63, 3.8) is 0 Å². The van der Waals surface area contributed by atoms with Crippen molar-refractivity contribution in [1.82, 2.24) is 0 Å². The highest BCUT2D eigenvalue weighted by Gasteiger charge is 2.40. The van der Waals surface area contributed by atoms with Crippen LogP contribution in [0.25, 0.3) is 0 Å². The Labute approximate surface area is 153 Å². The van der Waals surface area contributed by atoms with Gasteiger partial charge in [-0.15, -0.1) is 0 Å². The van der Waals surface area contributed by atoms with E-state index in [1.54, 1.807) is 31.2 Å². The Bertz CT molecular complexity index is 669. The van der Waals surface area contributed by atoms with E-state index < -0.39 is 11.9 Å². The molecule has 0 saturated heterocycles. The van der Waals surface area contributed by atoms with Gasteiger partial charge >= 0.3 is 11.9 Å². The largest absolute Gasteiger partial charge is 0.462 e. The van der Waals surface area contributed by atoms with Crippen LogP contribution in [0, 0.1) is 17.8 Å². The summed E-state index contributed by atoms with van der Waals surface area (Å²) in [5, 5.41) is 2.65. The summed E-state index contributed by atoms with van der Waals surface area (Å²) in [6.45, 7) is 1.76. The molecule has 1 N–H and O–H groups in total. The molecule has 6 heteroatoms. The van der Waals surface area contributed by atoms with E-state index in [2.05, 4.69) is 5.32 Å². The average molecular weight is 359 g/mol. The molecule has 3 atom stereocenters. The second-order valence-electron chi connectivity index (χ2n) is 7.15. The first-order valence-electron chi connectivity index (χ1n) is 9.27. The van der Waals surface area contributed by atoms with E-state index in [1.807, 2.05) is 0 Å². The zero-order chi connectivity index (χ0) is 18.5. The average Bonchev–Trinajstić information content (AvgIpc) is 3.24. The van der Waals surface area contributed by atoms with Gasteiger partial charge in [0.1, 0.15) is 0 Å². The molecule has 2 fully saturated rings. The van der Waals surface area contributed by atoms with Gasteiger partial charge in [-0.2, -0.15) is 0 Å². The van der Waals surface area contributed by atoms with Crippen LogP contribution in [0.5, 0.6) is 0 Å². The van der Waals surface area contributed by atoms with Gasteiger partial charge in [-0.05, 0) is 68.2 Å². The van der Waals surface area contributed by atoms with Crippen LogP contribution in [-0.2, 0) is 19.1 Å². The Hall–Kier alpha value is -2.37. The van der Waals surface area contributed by atoms with Crippen LogP contribution in [0.3, 0.4) is 0 Å². The highest BCUT2D eigenvalue weighted by molar-refractivity contribution is 5.94. The van der Waals surface area contributed by atoms with Crippen molar-refractivity contribution < 1.29 is 23.9 Å². The third-order valence-electron chi connectivity index (χ3n) is 5.36. The smallest absolute Gasteiger partial charge is 0.338 e. The number of anilines is 1. The number of ether oxygens (including phenoxy) is 2. The fourth-order valence-electron chi connectivity index (χ4n) is 4.15. The summed E-state index contributed by atoms with van der Waals surface area (Å²) in [5.74, 6) is 0.795. The number of rotatable bonds is 7. The minimum absolute atomic E-state index is 0.292. The Morgan fingerprint density at radius 3 is 2.46 bits per heavy atom. The van der Waals surface area contributed by atoms with Gasteiger partial charge in [0, 0.05) is 12.1 Å². The lowest BCUT2D eigenvalue weighted by Crippen LogP contribution is -2.23. The summed E-state index contributed by atoms with van der Waals surface area (Å²) in [5.41, 5.74) is 0.953. The summed E-state index contributed by atoms with van der Waals surface area (Å²) in [7, 11) is 0. The predicted molar refractivity (Wildman–Crippen MR) is 95.5 cm³/mol. The van der Waals surface area contributed by atoms with Gasteiger partial charge in [-0.25, -0.2) is 4.79 Å². The molecule has 6 nitrogen and oxygen atoms in total. The Balaban J connectivity index is 1.39. The molecule has 1 aromatic rings. The van der Waals surface area contributed by atoms with Crippen LogP contribution < -0.4 is 5.32 Å². The highest BCUT2D eigenvalue weighted by Crippen LogP contribution is 2.49. The fraction of sp³-hybridized carbons (Fsp3) is 0.550. The number of hydrogen-bond acceptors (Lipinski definition) is 5. The van der Waals surface area contributed by atoms with Crippen molar-refractivity contribution in [3.8, 4) is 0 Å². The molecule has 2 aliphatic rings. The first kappa shape index (κ1) is 18.4. The normalized spacial score (nSPS) is 23.5. The van der Waals surface area contributed by atoms with E-state index >= 15 is 0 Å². The molecule has 0 aliphatic heterocycles. The maximum atomic E-state index is 12.0. The third-order valence-corrected chi connectivity index (χ3v) is 5.36. The summed E-state index contributed by atoms with van der Waals surface area (Å²) in [6, 6.07) is 6.38. The number of nitrogens with one attached hydrogen (secondary N) is 1. The van der Waals surface area contributed by atoms with Gasteiger partial charge in [-0.1, -0.05) is 6.42 Å². The molecule has 26 heavy (non-hydrogen) atoms. The van der Waals surface area contributed by atoms with Gasteiger partial charge in [0.2, 0.25) is 0 Å². The molecule has 0 unspecified atom stereocenters. The zero-order valence-electron chi connectivity index (χ0n) is 15.0. The maximum absolute atomic E-state index is 12.0. The number of hydrogen-bond donors (Lipinski definition) is 1. The third kappa shape index (κ3) is 4.62. The van der Waals surface area contributed by atoms with E-state index in [0.717, 1.165) is 12.3 Å². The maximum Gasteiger partial charge on any atom is 0.338 e. The highest BCUT2D eigenvalue weighted by atomic mass is 16.5. The quantitative estimate of drug-likeness (QED) is 0.756. The van der Waals surface area contributed by atoms with Crippen LogP contribution in [0.2, 0.25) is 0 Å². The first-order valence-corrected chi connectivity index (χ1v) is 9.27. The number of carbonyl (C=O) groups is 3. The lowest BCUT2D eigenvalue weighted by Gasteiger charge is -2.20. The number of amides is 1. The lowest BCUT2D eigenvalue weighted by atomic mass is 9.86. The molecule has 0 spiro atoms. The topological polar surface area (TPSA) is 81.7 Å². The minimum Gasteiger partial charge on any atom is -0.462 e. The second kappa shape index (κ2) is 8.34. The Morgan fingerprint density at radius 2 is 1.85 bits per heavy atom. The fourth-order valence-corrected chi connectivity index (χ4v) is 4.15. The molecule has 0 heterocycles. The van der Waals surface area contributed by atoms with E-state index in [1.165, 1.54) is 19.3 Å². The molecular formula is C20H25NO5. The Kier molecular flexibility index (Phi) is 5.91. The van der Waals surface area contributed by atoms with E-state index in [4.69, 9.17) is 9.47 Å². The van der Waals surface area contributed by atoms with Gasteiger partial charge in [0.25, 0.3) is 5.91 Å². The van der Waals surface area contributed by atoms with Gasteiger partial charge in [-0.3, -0.25) is 9.59 Å². The lowest BCUT2D eigenvalue weighted by molar-refractivity contribution is -0.148. The Morgan fingerprint density at radius 1 is 1.08 bits per heavy atom. The molecular weight excluding hydrogens is 334 g/mol.